The standard InChI is InChI=1S/C8H13N2O3/c1-6(13-3)4-10-7(11)5-9(2)8(10)12/h6H,1,4-5H2,2-3H3. The van der Waals surface area contributed by atoms with Crippen LogP contribution in [0.15, 0.2) is 0 Å². The van der Waals surface area contributed by atoms with Crippen LogP contribution in [0.2, 0.25) is 0 Å². The zero-order valence-electron chi connectivity index (χ0n) is 7.82. The summed E-state index contributed by atoms with van der Waals surface area (Å²) in [5.41, 5.74) is 0. The lowest BCUT2D eigenvalue weighted by Gasteiger charge is -2.17. The third kappa shape index (κ3) is 1.98. The number of hydrogen-bond acceptors (Lipinski definition) is 3. The van der Waals surface area contributed by atoms with E-state index in [2.05, 4.69) is 6.92 Å². The molecule has 1 fully saturated rings. The van der Waals surface area contributed by atoms with Gasteiger partial charge in [-0.05, 0) is 6.92 Å². The Kier molecular flexibility index (Phi) is 2.87. The lowest BCUT2D eigenvalue weighted by atomic mass is 10.4. The Balaban J connectivity index is 2.59. The number of likely N-dealkylation sites (N-methyl/N-ethyl adjacent to an activating group) is 1. The Labute approximate surface area is 77.2 Å². The Hall–Kier alpha value is -1.10. The highest BCUT2D eigenvalue weighted by Crippen LogP contribution is 2.08. The molecule has 0 aliphatic carbocycles. The first-order valence-corrected chi connectivity index (χ1v) is 3.97. The largest absolute Gasteiger partial charge is 0.380 e. The number of ether oxygens (including phenoxy) is 1. The van der Waals surface area contributed by atoms with Crippen LogP contribution in [0.1, 0.15) is 0 Å². The molecule has 13 heavy (non-hydrogen) atoms. The number of amides is 3. The molecular formula is C8H13N2O3. The fraction of sp³-hybridized carbons (Fsp3) is 0.625. The van der Waals surface area contributed by atoms with Crippen molar-refractivity contribution in [2.24, 2.45) is 0 Å². The zero-order valence-corrected chi connectivity index (χ0v) is 7.82. The van der Waals surface area contributed by atoms with Crippen LogP contribution in [0.5, 0.6) is 0 Å². The van der Waals surface area contributed by atoms with Gasteiger partial charge in [0.2, 0.25) is 5.91 Å². The fourth-order valence-electron chi connectivity index (χ4n) is 1.13. The summed E-state index contributed by atoms with van der Waals surface area (Å²) in [4.78, 5) is 25.1. The van der Waals surface area contributed by atoms with Gasteiger partial charge in [0, 0.05) is 14.2 Å². The molecule has 0 bridgehead atoms. The van der Waals surface area contributed by atoms with Crippen molar-refractivity contribution in [2.75, 3.05) is 27.2 Å². The number of carbonyl (C=O) groups is 2. The van der Waals surface area contributed by atoms with E-state index in [0.29, 0.717) is 0 Å². The number of hydrogen-bond donors (Lipinski definition) is 0. The van der Waals surface area contributed by atoms with E-state index < -0.39 is 0 Å². The topological polar surface area (TPSA) is 49.9 Å². The van der Waals surface area contributed by atoms with Crippen molar-refractivity contribution in [3.63, 3.8) is 0 Å². The van der Waals surface area contributed by atoms with Crippen LogP contribution in [-0.4, -0.2) is 55.1 Å². The van der Waals surface area contributed by atoms with E-state index >= 15 is 0 Å². The average molecular weight is 185 g/mol. The lowest BCUT2D eigenvalue weighted by molar-refractivity contribution is -0.126. The van der Waals surface area contributed by atoms with E-state index in [9.17, 15) is 9.59 Å². The molecule has 73 valence electrons. The van der Waals surface area contributed by atoms with E-state index in [4.69, 9.17) is 4.74 Å². The molecule has 1 unspecified atom stereocenters. The molecule has 5 nitrogen and oxygen atoms in total. The van der Waals surface area contributed by atoms with Gasteiger partial charge in [-0.15, -0.1) is 0 Å². The summed E-state index contributed by atoms with van der Waals surface area (Å²) < 4.78 is 4.87. The molecule has 1 atom stereocenters. The number of carbonyl (C=O) groups excluding carboxylic acids is 2. The van der Waals surface area contributed by atoms with Crippen LogP contribution in [0.3, 0.4) is 0 Å². The van der Waals surface area contributed by atoms with Gasteiger partial charge in [-0.1, -0.05) is 0 Å². The second-order valence-corrected chi connectivity index (χ2v) is 3.00. The van der Waals surface area contributed by atoms with Gasteiger partial charge >= 0.3 is 6.03 Å². The summed E-state index contributed by atoms with van der Waals surface area (Å²) in [5, 5.41) is 0. The number of urea groups is 1. The minimum absolute atomic E-state index is 0.148. The maximum Gasteiger partial charge on any atom is 0.327 e. The quantitative estimate of drug-likeness (QED) is 0.569. The summed E-state index contributed by atoms with van der Waals surface area (Å²) in [5.74, 6) is -0.196. The molecule has 1 heterocycles. The third-order valence-electron chi connectivity index (χ3n) is 1.95. The summed E-state index contributed by atoms with van der Waals surface area (Å²) in [6, 6.07) is -0.282. The highest BCUT2D eigenvalue weighted by atomic mass is 16.5. The molecule has 0 aromatic rings. The summed E-state index contributed by atoms with van der Waals surface area (Å²) >= 11 is 0. The molecule has 5 heteroatoms. The van der Waals surface area contributed by atoms with Gasteiger partial charge in [0.15, 0.2) is 0 Å². The fourth-order valence-corrected chi connectivity index (χ4v) is 1.13. The van der Waals surface area contributed by atoms with Crippen molar-refractivity contribution < 1.29 is 14.3 Å². The Morgan fingerprint density at radius 2 is 2.23 bits per heavy atom. The van der Waals surface area contributed by atoms with Crippen LogP contribution in [0.4, 0.5) is 4.79 Å². The summed E-state index contributed by atoms with van der Waals surface area (Å²) in [6.07, 6.45) is -0.362. The molecule has 0 aromatic carbocycles. The average Bonchev–Trinajstić information content (AvgIpc) is 2.32. The first kappa shape index (κ1) is 9.98. The van der Waals surface area contributed by atoms with Crippen LogP contribution in [0.25, 0.3) is 0 Å². The predicted molar refractivity (Wildman–Crippen MR) is 45.9 cm³/mol. The van der Waals surface area contributed by atoms with Gasteiger partial charge in [-0.2, -0.15) is 0 Å². The molecule has 3 amide bonds. The van der Waals surface area contributed by atoms with Crippen molar-refractivity contribution in [1.29, 1.82) is 0 Å². The van der Waals surface area contributed by atoms with Crippen molar-refractivity contribution in [1.82, 2.24) is 9.80 Å². The van der Waals surface area contributed by atoms with Gasteiger partial charge in [-0.3, -0.25) is 9.69 Å². The normalized spacial score (nSPS) is 19.9. The van der Waals surface area contributed by atoms with Crippen molar-refractivity contribution in [2.45, 2.75) is 6.10 Å². The van der Waals surface area contributed by atoms with E-state index in [1.54, 1.807) is 7.05 Å². The Morgan fingerprint density at radius 1 is 1.62 bits per heavy atom. The molecular weight excluding hydrogens is 172 g/mol. The van der Waals surface area contributed by atoms with E-state index in [-0.39, 0.29) is 31.1 Å². The number of nitrogens with zero attached hydrogens (tertiary/aromatic N) is 2. The predicted octanol–water partition coefficient (Wildman–Crippen LogP) is -0.271. The highest BCUT2D eigenvalue weighted by molar-refractivity contribution is 6.01. The molecule has 1 rings (SSSR count). The second-order valence-electron chi connectivity index (χ2n) is 3.00. The first-order chi connectivity index (χ1) is 6.06. The third-order valence-corrected chi connectivity index (χ3v) is 1.95. The van der Waals surface area contributed by atoms with E-state index in [1.165, 1.54) is 12.0 Å². The minimum Gasteiger partial charge on any atom is -0.380 e. The maximum absolute atomic E-state index is 11.3. The van der Waals surface area contributed by atoms with Crippen LogP contribution < -0.4 is 0 Å². The minimum atomic E-state index is -0.362. The number of rotatable bonds is 3. The van der Waals surface area contributed by atoms with Crippen LogP contribution >= 0.6 is 0 Å². The molecule has 0 N–H and O–H groups in total. The van der Waals surface area contributed by atoms with Crippen molar-refractivity contribution >= 4 is 11.9 Å². The van der Waals surface area contributed by atoms with Crippen molar-refractivity contribution in [3.8, 4) is 0 Å². The molecule has 1 saturated heterocycles. The summed E-state index contributed by atoms with van der Waals surface area (Å²) in [7, 11) is 3.08. The highest BCUT2D eigenvalue weighted by Gasteiger charge is 2.34. The zero-order chi connectivity index (χ0) is 10.0. The van der Waals surface area contributed by atoms with Gasteiger partial charge in [-0.25, -0.2) is 4.79 Å². The smallest absolute Gasteiger partial charge is 0.327 e. The lowest BCUT2D eigenvalue weighted by Crippen LogP contribution is -2.37. The monoisotopic (exact) mass is 185 g/mol. The van der Waals surface area contributed by atoms with E-state index in [0.717, 1.165) is 4.90 Å². The second kappa shape index (κ2) is 3.74. The molecule has 1 radical (unpaired) electrons. The van der Waals surface area contributed by atoms with Gasteiger partial charge in [0.25, 0.3) is 0 Å². The Morgan fingerprint density at radius 3 is 2.62 bits per heavy atom. The van der Waals surface area contributed by atoms with Gasteiger partial charge in [0.1, 0.15) is 6.54 Å². The summed E-state index contributed by atoms with van der Waals surface area (Å²) in [6.45, 7) is 4.00. The maximum atomic E-state index is 11.3. The molecule has 0 saturated carbocycles. The molecule has 1 aliphatic heterocycles. The SMILES string of the molecule is [CH2]C(CN1C(=O)CN(C)C1=O)OC. The van der Waals surface area contributed by atoms with Gasteiger partial charge < -0.3 is 9.64 Å². The van der Waals surface area contributed by atoms with Crippen molar-refractivity contribution in [3.05, 3.63) is 6.92 Å². The number of methoxy groups -OCH3 is 1. The number of imide groups is 1. The van der Waals surface area contributed by atoms with Crippen LogP contribution in [-0.2, 0) is 9.53 Å². The Bertz CT molecular complexity index is 229. The van der Waals surface area contributed by atoms with E-state index in [1.807, 2.05) is 0 Å². The van der Waals surface area contributed by atoms with Crippen LogP contribution in [0, 0.1) is 6.92 Å². The first-order valence-electron chi connectivity index (χ1n) is 3.97. The molecule has 0 aromatic heterocycles. The van der Waals surface area contributed by atoms with Gasteiger partial charge in [0.05, 0.1) is 12.6 Å². The molecule has 1 aliphatic rings. The molecule has 0 spiro atoms.